The first kappa shape index (κ1) is 16.7. The van der Waals surface area contributed by atoms with Gasteiger partial charge in [0.1, 0.15) is 11.3 Å². The molecule has 0 spiro atoms. The molecule has 0 saturated heterocycles. The van der Waals surface area contributed by atoms with Gasteiger partial charge in [-0.2, -0.15) is 5.10 Å². The smallest absolute Gasteiger partial charge is 0.291 e. The molecule has 0 aliphatic rings. The van der Waals surface area contributed by atoms with Crippen molar-refractivity contribution in [3.63, 3.8) is 0 Å². The normalized spacial score (nSPS) is 12.8. The lowest BCUT2D eigenvalue weighted by Crippen LogP contribution is -2.32. The Bertz CT molecular complexity index is 937. The Balaban J connectivity index is 1.77. The Morgan fingerprint density at radius 2 is 2.21 bits per heavy atom. The van der Waals surface area contributed by atoms with Crippen LogP contribution >= 0.6 is 11.3 Å². The molecule has 1 N–H and O–H groups in total. The number of aryl methyl sites for hydroxylation is 2. The van der Waals surface area contributed by atoms with E-state index in [0.29, 0.717) is 24.9 Å². The van der Waals surface area contributed by atoms with Crippen LogP contribution in [0.4, 0.5) is 0 Å². The minimum atomic E-state index is -0.105. The summed E-state index contributed by atoms with van der Waals surface area (Å²) in [5.41, 5.74) is 1.57. The van der Waals surface area contributed by atoms with Crippen LogP contribution < -0.4 is 10.9 Å². The fourth-order valence-electron chi connectivity index (χ4n) is 2.82. The van der Waals surface area contributed by atoms with Gasteiger partial charge in [-0.15, -0.1) is 11.3 Å². The maximum absolute atomic E-state index is 12.6. The van der Waals surface area contributed by atoms with E-state index in [9.17, 15) is 9.59 Å². The molecule has 0 radical (unpaired) electrons. The largest absolute Gasteiger partial charge is 0.354 e. The number of amides is 1. The first-order valence-corrected chi connectivity index (χ1v) is 9.15. The maximum Gasteiger partial charge on any atom is 0.291 e. The van der Waals surface area contributed by atoms with Crippen LogP contribution in [-0.2, 0) is 11.3 Å². The van der Waals surface area contributed by atoms with E-state index >= 15 is 0 Å². The summed E-state index contributed by atoms with van der Waals surface area (Å²) in [6.45, 7) is 6.37. The second-order valence-electron chi connectivity index (χ2n) is 6.09. The van der Waals surface area contributed by atoms with E-state index in [1.807, 2.05) is 42.7 Å². The molecule has 128 valence electrons. The van der Waals surface area contributed by atoms with Gasteiger partial charge in [0.25, 0.3) is 5.56 Å². The van der Waals surface area contributed by atoms with Crippen LogP contribution in [0.1, 0.15) is 38.9 Å². The summed E-state index contributed by atoms with van der Waals surface area (Å²) >= 11 is 1.62. The monoisotopic (exact) mass is 346 g/mol. The molecule has 0 aliphatic carbocycles. The van der Waals surface area contributed by atoms with Crippen molar-refractivity contribution < 1.29 is 4.79 Å². The number of hydrogen-bond donors (Lipinski definition) is 1. The summed E-state index contributed by atoms with van der Waals surface area (Å²) in [6, 6.07) is 4.11. The zero-order valence-electron chi connectivity index (χ0n) is 14.2. The molecular weight excluding hydrogens is 324 g/mol. The van der Waals surface area contributed by atoms with Gasteiger partial charge in [-0.05, 0) is 44.2 Å². The number of nitrogens with one attached hydrogen (secondary N) is 1. The molecule has 0 bridgehead atoms. The second-order valence-corrected chi connectivity index (χ2v) is 7.04. The minimum absolute atomic E-state index is 0.0263. The van der Waals surface area contributed by atoms with Gasteiger partial charge in [-0.1, -0.05) is 6.92 Å². The molecule has 1 amide bonds. The highest BCUT2D eigenvalue weighted by atomic mass is 32.1. The number of aromatic nitrogens is 3. The summed E-state index contributed by atoms with van der Waals surface area (Å²) in [7, 11) is 0. The van der Waals surface area contributed by atoms with E-state index in [4.69, 9.17) is 0 Å². The molecule has 3 aromatic rings. The zero-order chi connectivity index (χ0) is 17.3. The predicted molar refractivity (Wildman–Crippen MR) is 96.7 cm³/mol. The van der Waals surface area contributed by atoms with Gasteiger partial charge >= 0.3 is 0 Å². The van der Waals surface area contributed by atoms with Crippen LogP contribution in [-0.4, -0.2) is 26.1 Å². The maximum atomic E-state index is 12.6. The SMILES string of the molecule is CCC(C)NC(=O)CCCn1nc(C)n2c(cc3sccc32)c1=O. The van der Waals surface area contributed by atoms with E-state index in [1.54, 1.807) is 11.3 Å². The summed E-state index contributed by atoms with van der Waals surface area (Å²) in [5.74, 6) is 0.806. The molecule has 3 aromatic heterocycles. The van der Waals surface area contributed by atoms with E-state index in [-0.39, 0.29) is 17.5 Å². The van der Waals surface area contributed by atoms with Crippen molar-refractivity contribution in [3.05, 3.63) is 33.7 Å². The van der Waals surface area contributed by atoms with E-state index in [2.05, 4.69) is 10.4 Å². The van der Waals surface area contributed by atoms with E-state index in [1.165, 1.54) is 4.68 Å². The van der Waals surface area contributed by atoms with Crippen molar-refractivity contribution >= 4 is 33.0 Å². The molecule has 24 heavy (non-hydrogen) atoms. The Morgan fingerprint density at radius 3 is 2.96 bits per heavy atom. The summed E-state index contributed by atoms with van der Waals surface area (Å²) in [6.07, 6.45) is 1.91. The average Bonchev–Trinajstić information content (AvgIpc) is 3.12. The fraction of sp³-hybridized carbons (Fsp3) is 0.471. The number of fused-ring (bicyclic) bond motifs is 3. The number of carbonyl (C=O) groups is 1. The average molecular weight is 346 g/mol. The first-order valence-electron chi connectivity index (χ1n) is 8.27. The van der Waals surface area contributed by atoms with Gasteiger partial charge in [0.15, 0.2) is 0 Å². The van der Waals surface area contributed by atoms with Crippen molar-refractivity contribution in [1.82, 2.24) is 19.5 Å². The highest BCUT2D eigenvalue weighted by molar-refractivity contribution is 7.17. The van der Waals surface area contributed by atoms with Gasteiger partial charge in [-0.25, -0.2) is 4.68 Å². The summed E-state index contributed by atoms with van der Waals surface area (Å²) < 4.78 is 4.47. The Hall–Kier alpha value is -2.15. The quantitative estimate of drug-likeness (QED) is 0.746. The number of rotatable bonds is 6. The van der Waals surface area contributed by atoms with Crippen molar-refractivity contribution in [2.24, 2.45) is 0 Å². The molecule has 1 atom stereocenters. The van der Waals surface area contributed by atoms with Crippen LogP contribution in [0.3, 0.4) is 0 Å². The number of carbonyl (C=O) groups excluding carboxylic acids is 1. The first-order chi connectivity index (χ1) is 11.5. The lowest BCUT2D eigenvalue weighted by atomic mass is 10.2. The number of hydrogen-bond acceptors (Lipinski definition) is 4. The van der Waals surface area contributed by atoms with E-state index < -0.39 is 0 Å². The molecule has 0 saturated carbocycles. The van der Waals surface area contributed by atoms with Crippen LogP contribution in [0.2, 0.25) is 0 Å². The van der Waals surface area contributed by atoms with Crippen LogP contribution in [0.25, 0.3) is 15.7 Å². The van der Waals surface area contributed by atoms with Crippen molar-refractivity contribution in [3.8, 4) is 0 Å². The Morgan fingerprint density at radius 1 is 1.42 bits per heavy atom. The second kappa shape index (κ2) is 6.76. The number of nitrogens with zero attached hydrogens (tertiary/aromatic N) is 3. The van der Waals surface area contributed by atoms with Gasteiger partial charge in [0.2, 0.25) is 5.91 Å². The third kappa shape index (κ3) is 3.08. The molecular formula is C17H22N4O2S. The van der Waals surface area contributed by atoms with Gasteiger partial charge in [0, 0.05) is 19.0 Å². The van der Waals surface area contributed by atoms with Gasteiger partial charge in [-0.3, -0.25) is 14.0 Å². The van der Waals surface area contributed by atoms with Crippen molar-refractivity contribution in [1.29, 1.82) is 0 Å². The molecule has 0 aromatic carbocycles. The number of thiophene rings is 1. The van der Waals surface area contributed by atoms with E-state index in [0.717, 1.165) is 22.5 Å². The summed E-state index contributed by atoms with van der Waals surface area (Å²) in [5, 5.41) is 9.36. The topological polar surface area (TPSA) is 68.4 Å². The molecule has 0 fully saturated rings. The molecule has 6 nitrogen and oxygen atoms in total. The molecule has 3 heterocycles. The summed E-state index contributed by atoms with van der Waals surface area (Å²) in [4.78, 5) is 24.5. The standard InChI is InChI=1S/C17H22N4O2S/c1-4-11(2)18-16(22)6-5-8-20-17(23)14-10-15-13(7-9-24-15)21(14)12(3)19-20/h7,9-11H,4-6,8H2,1-3H3,(H,18,22). The fourth-order valence-corrected chi connectivity index (χ4v) is 3.62. The Labute approximate surface area is 144 Å². The van der Waals surface area contributed by atoms with Gasteiger partial charge in [0.05, 0.1) is 10.2 Å². The molecule has 1 unspecified atom stereocenters. The lowest BCUT2D eigenvalue weighted by molar-refractivity contribution is -0.121. The van der Waals surface area contributed by atoms with Crippen LogP contribution in [0, 0.1) is 6.92 Å². The van der Waals surface area contributed by atoms with Crippen LogP contribution in [0.15, 0.2) is 22.3 Å². The van der Waals surface area contributed by atoms with Crippen molar-refractivity contribution in [2.45, 2.75) is 52.6 Å². The highest BCUT2D eigenvalue weighted by Gasteiger charge is 2.13. The molecule has 0 aliphatic heterocycles. The zero-order valence-corrected chi connectivity index (χ0v) is 15.0. The molecule has 7 heteroatoms. The molecule has 3 rings (SSSR count). The Kier molecular flexibility index (Phi) is 4.71. The van der Waals surface area contributed by atoms with Crippen molar-refractivity contribution in [2.75, 3.05) is 0 Å². The predicted octanol–water partition coefficient (Wildman–Crippen LogP) is 2.71. The third-order valence-electron chi connectivity index (χ3n) is 4.26. The van der Waals surface area contributed by atoms with Crippen LogP contribution in [0.5, 0.6) is 0 Å². The minimum Gasteiger partial charge on any atom is -0.354 e. The van der Waals surface area contributed by atoms with Gasteiger partial charge < -0.3 is 5.32 Å². The highest BCUT2D eigenvalue weighted by Crippen LogP contribution is 2.24. The third-order valence-corrected chi connectivity index (χ3v) is 5.11. The lowest BCUT2D eigenvalue weighted by Gasteiger charge is -2.11.